The van der Waals surface area contributed by atoms with Gasteiger partial charge in [0.1, 0.15) is 10.6 Å². The number of ether oxygens (including phenoxy) is 3. The molecule has 0 spiro atoms. The van der Waals surface area contributed by atoms with Gasteiger partial charge in [0, 0.05) is 18.0 Å². The van der Waals surface area contributed by atoms with Crippen LogP contribution in [0.15, 0.2) is 48.3 Å². The Hall–Kier alpha value is -4.25. The Balaban J connectivity index is 1.86. The van der Waals surface area contributed by atoms with E-state index in [2.05, 4.69) is 16.9 Å². The number of aryl methyl sites for hydroxylation is 1. The highest BCUT2D eigenvalue weighted by atomic mass is 32.1. The highest BCUT2D eigenvalue weighted by Gasteiger charge is 2.48. The third-order valence-electron chi connectivity index (χ3n) is 6.44. The summed E-state index contributed by atoms with van der Waals surface area (Å²) in [4.78, 5) is 49.4. The molecule has 3 aromatic rings. The number of rotatable bonds is 12. The number of anilines is 1. The molecular formula is C30H33N3O7S. The predicted octanol–water partition coefficient (Wildman–Crippen LogP) is 5.62. The SMILES string of the molecule is CCCCCOc1ccc(C2C(=C(O)c3ccncc3)C(=O)C(=O)N2c2nc(C)c(C(=O)OCC)s2)cc1OCC. The van der Waals surface area contributed by atoms with Crippen molar-refractivity contribution in [2.75, 3.05) is 24.7 Å². The van der Waals surface area contributed by atoms with Crippen LogP contribution >= 0.6 is 11.3 Å². The lowest BCUT2D eigenvalue weighted by atomic mass is 9.95. The van der Waals surface area contributed by atoms with Crippen LogP contribution in [-0.4, -0.2) is 52.6 Å². The Morgan fingerprint density at radius 2 is 1.78 bits per heavy atom. The van der Waals surface area contributed by atoms with Crippen molar-refractivity contribution in [1.29, 1.82) is 0 Å². The summed E-state index contributed by atoms with van der Waals surface area (Å²) in [6, 6.07) is 7.20. The lowest BCUT2D eigenvalue weighted by Crippen LogP contribution is -2.29. The van der Waals surface area contributed by atoms with E-state index in [1.807, 2.05) is 6.92 Å². The maximum atomic E-state index is 13.5. The smallest absolute Gasteiger partial charge is 0.350 e. The average molecular weight is 580 g/mol. The number of aliphatic hydroxyl groups is 1. The fourth-order valence-corrected chi connectivity index (χ4v) is 5.49. The molecule has 216 valence electrons. The van der Waals surface area contributed by atoms with Crippen LogP contribution in [-0.2, 0) is 14.3 Å². The zero-order chi connectivity index (χ0) is 29.5. The molecule has 0 aliphatic carbocycles. The first-order chi connectivity index (χ1) is 19.8. The number of esters is 1. The lowest BCUT2D eigenvalue weighted by Gasteiger charge is -2.24. The van der Waals surface area contributed by atoms with Gasteiger partial charge in [0.15, 0.2) is 16.6 Å². The fourth-order valence-electron chi connectivity index (χ4n) is 4.50. The number of carbonyl (C=O) groups excluding carboxylic acids is 3. The van der Waals surface area contributed by atoms with Crippen molar-refractivity contribution in [2.45, 2.75) is 53.0 Å². The first kappa shape index (κ1) is 29.7. The van der Waals surface area contributed by atoms with Gasteiger partial charge in [0.2, 0.25) is 0 Å². The number of hydrogen-bond donors (Lipinski definition) is 1. The highest BCUT2D eigenvalue weighted by molar-refractivity contribution is 7.17. The molecule has 0 radical (unpaired) electrons. The molecule has 1 fully saturated rings. The fraction of sp³-hybridized carbons (Fsp3) is 0.367. The van der Waals surface area contributed by atoms with E-state index >= 15 is 0 Å². The van der Waals surface area contributed by atoms with Crippen molar-refractivity contribution in [3.63, 3.8) is 0 Å². The summed E-state index contributed by atoms with van der Waals surface area (Å²) in [5, 5.41) is 11.5. The van der Waals surface area contributed by atoms with Crippen LogP contribution in [0.3, 0.4) is 0 Å². The summed E-state index contributed by atoms with van der Waals surface area (Å²) in [5.74, 6) is -1.71. The third-order valence-corrected chi connectivity index (χ3v) is 7.58. The van der Waals surface area contributed by atoms with Gasteiger partial charge in [-0.05, 0) is 57.0 Å². The van der Waals surface area contributed by atoms with E-state index in [1.165, 1.54) is 17.3 Å². The molecule has 1 N–H and O–H groups in total. The van der Waals surface area contributed by atoms with E-state index in [9.17, 15) is 19.5 Å². The molecule has 41 heavy (non-hydrogen) atoms. The molecule has 1 atom stereocenters. The largest absolute Gasteiger partial charge is 0.507 e. The van der Waals surface area contributed by atoms with Crippen LogP contribution in [0.1, 0.15) is 72.6 Å². The van der Waals surface area contributed by atoms with E-state index in [4.69, 9.17) is 14.2 Å². The van der Waals surface area contributed by atoms with Crippen molar-refractivity contribution >= 4 is 39.9 Å². The zero-order valence-electron chi connectivity index (χ0n) is 23.5. The lowest BCUT2D eigenvalue weighted by molar-refractivity contribution is -0.132. The summed E-state index contributed by atoms with van der Waals surface area (Å²) in [6.07, 6.45) is 5.95. The summed E-state index contributed by atoms with van der Waals surface area (Å²) in [6.45, 7) is 8.34. The number of pyridine rings is 1. The van der Waals surface area contributed by atoms with Crippen molar-refractivity contribution in [2.24, 2.45) is 0 Å². The molecule has 0 bridgehead atoms. The second-order valence-corrected chi connectivity index (χ2v) is 10.2. The minimum atomic E-state index is -1.06. The Morgan fingerprint density at radius 3 is 2.46 bits per heavy atom. The number of carbonyl (C=O) groups is 3. The van der Waals surface area contributed by atoms with Gasteiger partial charge < -0.3 is 19.3 Å². The Labute approximate surface area is 242 Å². The van der Waals surface area contributed by atoms with Gasteiger partial charge >= 0.3 is 11.9 Å². The molecule has 1 amide bonds. The molecule has 11 heteroatoms. The summed E-state index contributed by atoms with van der Waals surface area (Å²) in [7, 11) is 0. The quantitative estimate of drug-likeness (QED) is 0.0956. The summed E-state index contributed by atoms with van der Waals surface area (Å²) < 4.78 is 17.0. The van der Waals surface area contributed by atoms with E-state index in [-0.39, 0.29) is 27.9 Å². The highest BCUT2D eigenvalue weighted by Crippen LogP contribution is 2.45. The number of aliphatic hydroxyl groups excluding tert-OH is 1. The number of nitrogens with zero attached hydrogens (tertiary/aromatic N) is 3. The first-order valence-electron chi connectivity index (χ1n) is 13.6. The normalized spacial score (nSPS) is 16.2. The molecule has 1 aliphatic heterocycles. The van der Waals surface area contributed by atoms with Gasteiger partial charge in [-0.1, -0.05) is 37.2 Å². The second-order valence-electron chi connectivity index (χ2n) is 9.23. The number of hydrogen-bond acceptors (Lipinski definition) is 10. The molecular weight excluding hydrogens is 546 g/mol. The standard InChI is InChI=1S/C30H33N3O7S/c1-5-8-9-16-40-21-11-10-20(17-22(21)38-6-2)24-23(25(34)19-12-14-31-15-13-19)26(35)28(36)33(24)30-32-18(4)27(41-30)29(37)39-7-3/h10-15,17,24,34H,5-9,16H2,1-4H3. The monoisotopic (exact) mass is 579 g/mol. The molecule has 3 heterocycles. The zero-order valence-corrected chi connectivity index (χ0v) is 24.3. The van der Waals surface area contributed by atoms with Gasteiger partial charge in [-0.2, -0.15) is 0 Å². The predicted molar refractivity (Wildman–Crippen MR) is 154 cm³/mol. The summed E-state index contributed by atoms with van der Waals surface area (Å²) in [5.41, 5.74) is 1.07. The van der Waals surface area contributed by atoms with E-state index in [0.29, 0.717) is 41.5 Å². The number of Topliss-reactive ketones (excluding diaryl/α,β-unsaturated/α-hetero) is 1. The van der Waals surface area contributed by atoms with Gasteiger partial charge in [-0.25, -0.2) is 9.78 Å². The number of unbranched alkanes of at least 4 members (excludes halogenated alkanes) is 2. The topological polar surface area (TPSA) is 128 Å². The number of ketones is 1. The maximum absolute atomic E-state index is 13.5. The van der Waals surface area contributed by atoms with Crippen LogP contribution in [0.25, 0.3) is 5.76 Å². The van der Waals surface area contributed by atoms with Gasteiger partial charge in [-0.3, -0.25) is 19.5 Å². The Bertz CT molecular complexity index is 1450. The van der Waals surface area contributed by atoms with Crippen LogP contribution in [0.4, 0.5) is 5.13 Å². The van der Waals surface area contributed by atoms with E-state index in [1.54, 1.807) is 44.2 Å². The summed E-state index contributed by atoms with van der Waals surface area (Å²) >= 11 is 0.949. The van der Waals surface area contributed by atoms with Crippen LogP contribution < -0.4 is 14.4 Å². The van der Waals surface area contributed by atoms with Crippen molar-refractivity contribution in [1.82, 2.24) is 9.97 Å². The van der Waals surface area contributed by atoms with Crippen LogP contribution in [0.5, 0.6) is 11.5 Å². The molecule has 0 saturated carbocycles. The van der Waals surface area contributed by atoms with Gasteiger partial charge in [0.25, 0.3) is 5.78 Å². The molecule has 4 rings (SSSR count). The van der Waals surface area contributed by atoms with Crippen LogP contribution in [0.2, 0.25) is 0 Å². The molecule has 2 aromatic heterocycles. The van der Waals surface area contributed by atoms with Crippen LogP contribution in [0, 0.1) is 6.92 Å². The molecule has 1 saturated heterocycles. The van der Waals surface area contributed by atoms with E-state index in [0.717, 1.165) is 30.6 Å². The first-order valence-corrected chi connectivity index (χ1v) is 14.4. The Morgan fingerprint density at radius 1 is 1.02 bits per heavy atom. The minimum Gasteiger partial charge on any atom is -0.507 e. The third kappa shape index (κ3) is 6.25. The van der Waals surface area contributed by atoms with Gasteiger partial charge in [-0.15, -0.1) is 0 Å². The molecule has 1 aliphatic rings. The van der Waals surface area contributed by atoms with Gasteiger partial charge in [0.05, 0.1) is 37.1 Å². The van der Waals surface area contributed by atoms with Crippen molar-refractivity contribution in [3.05, 3.63) is 70.0 Å². The number of amides is 1. The van der Waals surface area contributed by atoms with Crippen molar-refractivity contribution in [3.8, 4) is 11.5 Å². The Kier molecular flexibility index (Phi) is 9.72. The average Bonchev–Trinajstić information content (AvgIpc) is 3.48. The second kappa shape index (κ2) is 13.4. The van der Waals surface area contributed by atoms with E-state index < -0.39 is 23.7 Å². The van der Waals surface area contributed by atoms with Crippen molar-refractivity contribution < 1.29 is 33.7 Å². The number of thiazole rings is 1. The molecule has 1 unspecified atom stereocenters. The number of aromatic nitrogens is 2. The molecule has 10 nitrogen and oxygen atoms in total. The maximum Gasteiger partial charge on any atom is 0.350 e. The number of benzene rings is 1. The molecule has 1 aromatic carbocycles. The minimum absolute atomic E-state index is 0.120.